The zero-order valence-electron chi connectivity index (χ0n) is 21.0. The van der Waals surface area contributed by atoms with Gasteiger partial charge < -0.3 is 20.4 Å². The summed E-state index contributed by atoms with van der Waals surface area (Å²) >= 11 is 0. The second kappa shape index (κ2) is 11.0. The summed E-state index contributed by atoms with van der Waals surface area (Å²) in [5.41, 5.74) is 3.92. The minimum Gasteiger partial charge on any atom is -0.360 e. The molecule has 2 unspecified atom stereocenters. The van der Waals surface area contributed by atoms with E-state index in [9.17, 15) is 4.79 Å². The Kier molecular flexibility index (Phi) is 7.39. The number of piperazine rings is 1. The minimum absolute atomic E-state index is 0.161. The van der Waals surface area contributed by atoms with Crippen molar-refractivity contribution < 1.29 is 4.79 Å². The van der Waals surface area contributed by atoms with E-state index in [1.807, 2.05) is 49.5 Å². The Bertz CT molecular complexity index is 1180. The molecule has 9 heteroatoms. The number of rotatable bonds is 0. The first-order chi connectivity index (χ1) is 17.5. The predicted molar refractivity (Wildman–Crippen MR) is 142 cm³/mol. The molecule has 1 aromatic carbocycles. The Balaban J connectivity index is 1.41. The summed E-state index contributed by atoms with van der Waals surface area (Å²) in [6.07, 6.45) is 5.01. The van der Waals surface area contributed by atoms with Crippen molar-refractivity contribution in [3.63, 3.8) is 0 Å². The Hall–Kier alpha value is -3.56. The van der Waals surface area contributed by atoms with Crippen molar-refractivity contribution >= 4 is 23.4 Å². The molecular formula is C27H34N8O. The van der Waals surface area contributed by atoms with E-state index in [4.69, 9.17) is 4.98 Å². The molecule has 3 aliphatic rings. The van der Waals surface area contributed by atoms with E-state index < -0.39 is 0 Å². The highest BCUT2D eigenvalue weighted by molar-refractivity contribution is 5.76. The molecule has 0 aliphatic carbocycles. The van der Waals surface area contributed by atoms with Gasteiger partial charge in [0.25, 0.3) is 0 Å². The number of nitrogens with one attached hydrogen (secondary N) is 2. The van der Waals surface area contributed by atoms with Crippen LogP contribution in [0.5, 0.6) is 0 Å². The maximum atomic E-state index is 12.9. The number of hydrogen-bond donors (Lipinski definition) is 2. The number of hydrogen-bond acceptors (Lipinski definition) is 8. The number of fused-ring (bicyclic) bond motifs is 8. The second-order valence-electron chi connectivity index (χ2n) is 9.68. The maximum Gasteiger partial charge on any atom is 0.227 e. The van der Waals surface area contributed by atoms with E-state index in [2.05, 4.69) is 48.6 Å². The topological polar surface area (TPSA) is 89.5 Å². The van der Waals surface area contributed by atoms with Gasteiger partial charge in [-0.1, -0.05) is 12.1 Å². The fourth-order valence-electron chi connectivity index (χ4n) is 4.80. The molecule has 3 aliphatic heterocycles. The summed E-state index contributed by atoms with van der Waals surface area (Å²) in [7, 11) is 3.94. The molecular weight excluding hydrogens is 452 g/mol. The van der Waals surface area contributed by atoms with Crippen molar-refractivity contribution in [1.82, 2.24) is 30.1 Å². The number of carbonyl (C=O) groups excluding carboxylic acids is 1. The van der Waals surface area contributed by atoms with Crippen LogP contribution in [-0.2, 0) is 11.3 Å². The summed E-state index contributed by atoms with van der Waals surface area (Å²) in [4.78, 5) is 33.1. The number of aromatic nitrogens is 3. The van der Waals surface area contributed by atoms with Crippen molar-refractivity contribution in [3.8, 4) is 11.3 Å². The summed E-state index contributed by atoms with van der Waals surface area (Å²) in [6, 6.07) is 14.5. The Labute approximate surface area is 212 Å². The summed E-state index contributed by atoms with van der Waals surface area (Å²) in [6.45, 7) is 5.08. The molecule has 1 amide bonds. The van der Waals surface area contributed by atoms with Gasteiger partial charge in [-0.2, -0.15) is 0 Å². The Morgan fingerprint density at radius 1 is 1.00 bits per heavy atom. The number of benzene rings is 1. The van der Waals surface area contributed by atoms with Crippen LogP contribution >= 0.6 is 0 Å². The third kappa shape index (κ3) is 5.98. The van der Waals surface area contributed by atoms with Crippen molar-refractivity contribution in [2.45, 2.75) is 25.4 Å². The van der Waals surface area contributed by atoms with Crippen LogP contribution in [0.15, 0.2) is 54.9 Å². The molecule has 5 heterocycles. The van der Waals surface area contributed by atoms with Crippen molar-refractivity contribution in [1.29, 1.82) is 0 Å². The SMILES string of the molecule is CN1CCCN(C)c2ccc(cn2)-c2ccnc(n2)Nc2cccc(c2)CN2CCNC(CC1=O)C2. The largest absolute Gasteiger partial charge is 0.360 e. The molecule has 2 atom stereocenters. The van der Waals surface area contributed by atoms with E-state index in [0.717, 1.165) is 68.5 Å². The third-order valence-electron chi connectivity index (χ3n) is 6.85. The smallest absolute Gasteiger partial charge is 0.227 e. The van der Waals surface area contributed by atoms with Crippen LogP contribution in [0.1, 0.15) is 18.4 Å². The quantitative estimate of drug-likeness (QED) is 0.502. The highest BCUT2D eigenvalue weighted by atomic mass is 16.2. The normalized spacial score (nSPS) is 21.3. The first-order valence-electron chi connectivity index (χ1n) is 12.6. The second-order valence-corrected chi connectivity index (χ2v) is 9.68. The molecule has 188 valence electrons. The average Bonchev–Trinajstić information content (AvgIpc) is 2.89. The van der Waals surface area contributed by atoms with E-state index in [1.54, 1.807) is 6.20 Å². The average molecular weight is 487 g/mol. The summed E-state index contributed by atoms with van der Waals surface area (Å²) in [5.74, 6) is 1.64. The van der Waals surface area contributed by atoms with Gasteiger partial charge in [0.1, 0.15) is 5.82 Å². The van der Waals surface area contributed by atoms with E-state index in [1.165, 1.54) is 5.56 Å². The van der Waals surface area contributed by atoms with E-state index in [-0.39, 0.29) is 11.9 Å². The fraction of sp³-hybridized carbons (Fsp3) is 0.407. The van der Waals surface area contributed by atoms with Crippen LogP contribution in [0.2, 0.25) is 0 Å². The standard InChI is InChI=1S/C27H34N8O/c1-33-12-4-13-34(2)26(36)16-23-19-35(14-11-28-23)18-20-5-3-6-22(15-20)31-27-29-10-9-24(32-27)21-7-8-25(33)30-17-21/h3,5-10,15,17,23,28H,4,11-14,16,18-19H2,1-2H3,(H,29,31,32). The zero-order valence-corrected chi connectivity index (χ0v) is 21.0. The van der Waals surface area contributed by atoms with E-state index >= 15 is 0 Å². The molecule has 0 saturated carbocycles. The molecule has 9 nitrogen and oxygen atoms in total. The van der Waals surface area contributed by atoms with Gasteiger partial charge in [-0.05, 0) is 42.3 Å². The van der Waals surface area contributed by atoms with E-state index in [0.29, 0.717) is 12.4 Å². The van der Waals surface area contributed by atoms with Crippen molar-refractivity contribution in [2.75, 3.05) is 57.0 Å². The van der Waals surface area contributed by atoms with Crippen LogP contribution in [0.25, 0.3) is 11.3 Å². The molecule has 2 aromatic heterocycles. The van der Waals surface area contributed by atoms with Gasteiger partial charge in [-0.25, -0.2) is 15.0 Å². The molecule has 36 heavy (non-hydrogen) atoms. The molecule has 1 saturated heterocycles. The molecule has 8 bridgehead atoms. The lowest BCUT2D eigenvalue weighted by molar-refractivity contribution is -0.130. The van der Waals surface area contributed by atoms with Gasteiger partial charge in [0.2, 0.25) is 11.9 Å². The van der Waals surface area contributed by atoms with Crippen molar-refractivity contribution in [3.05, 3.63) is 60.4 Å². The van der Waals surface area contributed by atoms with Crippen molar-refractivity contribution in [2.24, 2.45) is 0 Å². The lowest BCUT2D eigenvalue weighted by Gasteiger charge is -2.34. The van der Waals surface area contributed by atoms with Crippen LogP contribution in [-0.4, -0.2) is 83.5 Å². The highest BCUT2D eigenvalue weighted by Gasteiger charge is 2.23. The van der Waals surface area contributed by atoms with Gasteiger partial charge in [0, 0.05) is 89.5 Å². The summed E-state index contributed by atoms with van der Waals surface area (Å²) < 4.78 is 0. The first kappa shape index (κ1) is 24.1. The monoisotopic (exact) mass is 486 g/mol. The minimum atomic E-state index is 0.161. The van der Waals surface area contributed by atoms with Crippen LogP contribution in [0.4, 0.5) is 17.5 Å². The lowest BCUT2D eigenvalue weighted by Crippen LogP contribution is -2.51. The van der Waals surface area contributed by atoms with Crippen LogP contribution in [0, 0.1) is 0 Å². The molecule has 0 radical (unpaired) electrons. The Morgan fingerprint density at radius 3 is 2.75 bits per heavy atom. The molecule has 0 spiro atoms. The van der Waals surface area contributed by atoms with Gasteiger partial charge in [0.05, 0.1) is 5.69 Å². The van der Waals surface area contributed by atoms with Crippen LogP contribution in [0.3, 0.4) is 0 Å². The third-order valence-corrected chi connectivity index (χ3v) is 6.85. The summed E-state index contributed by atoms with van der Waals surface area (Å²) in [5, 5.41) is 6.88. The predicted octanol–water partition coefficient (Wildman–Crippen LogP) is 2.74. The fourth-order valence-corrected chi connectivity index (χ4v) is 4.80. The molecule has 1 fully saturated rings. The molecule has 6 rings (SSSR count). The Morgan fingerprint density at radius 2 is 1.89 bits per heavy atom. The number of carbonyl (C=O) groups is 1. The maximum absolute atomic E-state index is 12.9. The van der Waals surface area contributed by atoms with Gasteiger partial charge in [0.15, 0.2) is 0 Å². The van der Waals surface area contributed by atoms with Gasteiger partial charge >= 0.3 is 0 Å². The number of amides is 1. The number of pyridine rings is 1. The van der Waals surface area contributed by atoms with Crippen LogP contribution < -0.4 is 15.5 Å². The van der Waals surface area contributed by atoms with Gasteiger partial charge in [-0.3, -0.25) is 9.69 Å². The lowest BCUT2D eigenvalue weighted by atomic mass is 10.1. The number of anilines is 3. The molecule has 2 N–H and O–H groups in total. The molecule has 3 aromatic rings. The zero-order chi connectivity index (χ0) is 24.9. The number of nitrogens with zero attached hydrogens (tertiary/aromatic N) is 6. The highest BCUT2D eigenvalue weighted by Crippen LogP contribution is 2.22. The van der Waals surface area contributed by atoms with Gasteiger partial charge in [-0.15, -0.1) is 0 Å². The first-order valence-corrected chi connectivity index (χ1v) is 12.6.